The molecule has 0 heterocycles. The molecule has 4 saturated carbocycles. The van der Waals surface area contributed by atoms with Crippen molar-refractivity contribution in [2.75, 3.05) is 5.75 Å². The van der Waals surface area contributed by atoms with Gasteiger partial charge in [-0.05, 0) is 116 Å². The highest BCUT2D eigenvalue weighted by Gasteiger charge is 2.51. The smallest absolute Gasteiger partial charge is 0.0633 e. The van der Waals surface area contributed by atoms with Gasteiger partial charge in [0.1, 0.15) is 0 Å². The molecular formula is C32H46OS. The number of allylic oxidation sites excluding steroid dienone is 3. The maximum atomic E-state index is 10.6. The third-order valence-corrected chi connectivity index (χ3v) is 11.6. The molecule has 1 nitrogen and oxygen atoms in total. The molecule has 0 bridgehead atoms. The van der Waals surface area contributed by atoms with Gasteiger partial charge in [0.2, 0.25) is 0 Å². The zero-order chi connectivity index (χ0) is 23.9. The first kappa shape index (κ1) is 24.7. The first-order chi connectivity index (χ1) is 16.3. The second kappa shape index (κ2) is 9.81. The molecule has 34 heavy (non-hydrogen) atoms. The molecule has 4 aliphatic rings. The SMILES string of the molecule is CC(C)c1cccc(SCC(C)C2CCC3/C(=C/C=C4/CCC5(CC5)C(O)C4)CCCC32C)c1. The number of hydrogen-bond donors (Lipinski definition) is 1. The number of benzene rings is 1. The van der Waals surface area contributed by atoms with Crippen molar-refractivity contribution in [1.82, 2.24) is 0 Å². The van der Waals surface area contributed by atoms with Gasteiger partial charge in [0, 0.05) is 10.6 Å². The molecule has 5 atom stereocenters. The van der Waals surface area contributed by atoms with Crippen molar-refractivity contribution in [2.24, 2.45) is 28.6 Å². The van der Waals surface area contributed by atoms with Crippen LogP contribution >= 0.6 is 11.8 Å². The summed E-state index contributed by atoms with van der Waals surface area (Å²) in [5, 5.41) is 10.6. The second-order valence-electron chi connectivity index (χ2n) is 12.8. The number of rotatable bonds is 6. The highest BCUT2D eigenvalue weighted by atomic mass is 32.2. The molecule has 186 valence electrons. The van der Waals surface area contributed by atoms with Crippen molar-refractivity contribution >= 4 is 11.8 Å². The Morgan fingerprint density at radius 3 is 2.62 bits per heavy atom. The van der Waals surface area contributed by atoms with Gasteiger partial charge in [0.25, 0.3) is 0 Å². The summed E-state index contributed by atoms with van der Waals surface area (Å²) in [4.78, 5) is 1.44. The van der Waals surface area contributed by atoms with Crippen LogP contribution in [0.5, 0.6) is 0 Å². The molecule has 1 aromatic carbocycles. The number of aliphatic hydroxyl groups is 1. The lowest BCUT2D eigenvalue weighted by Gasteiger charge is -2.44. The minimum Gasteiger partial charge on any atom is -0.392 e. The summed E-state index contributed by atoms with van der Waals surface area (Å²) in [6.07, 6.45) is 17.5. The molecule has 0 aromatic heterocycles. The summed E-state index contributed by atoms with van der Waals surface area (Å²) in [7, 11) is 0. The molecular weight excluding hydrogens is 432 g/mol. The Morgan fingerprint density at radius 2 is 1.88 bits per heavy atom. The Labute approximate surface area is 212 Å². The van der Waals surface area contributed by atoms with E-state index in [-0.39, 0.29) is 6.10 Å². The summed E-state index contributed by atoms with van der Waals surface area (Å²) in [6.45, 7) is 9.72. The monoisotopic (exact) mass is 478 g/mol. The van der Waals surface area contributed by atoms with Crippen molar-refractivity contribution in [3.05, 3.63) is 53.1 Å². The molecule has 1 spiro atoms. The zero-order valence-electron chi connectivity index (χ0n) is 22.0. The Bertz CT molecular complexity index is 938. The van der Waals surface area contributed by atoms with Crippen LogP contribution in [0.4, 0.5) is 0 Å². The summed E-state index contributed by atoms with van der Waals surface area (Å²) in [5.74, 6) is 4.19. The topological polar surface area (TPSA) is 20.2 Å². The Balaban J connectivity index is 1.23. The lowest BCUT2D eigenvalue weighted by molar-refractivity contribution is 0.0727. The van der Waals surface area contributed by atoms with Crippen LogP contribution in [0.2, 0.25) is 0 Å². The van der Waals surface area contributed by atoms with Gasteiger partial charge in [-0.15, -0.1) is 11.8 Å². The fraction of sp³-hybridized carbons (Fsp3) is 0.688. The van der Waals surface area contributed by atoms with Gasteiger partial charge in [-0.25, -0.2) is 0 Å². The first-order valence-corrected chi connectivity index (χ1v) is 15.1. The van der Waals surface area contributed by atoms with Gasteiger partial charge in [0.15, 0.2) is 0 Å². The third-order valence-electron chi connectivity index (χ3n) is 10.3. The van der Waals surface area contributed by atoms with Crippen LogP contribution in [-0.4, -0.2) is 17.0 Å². The van der Waals surface area contributed by atoms with Gasteiger partial charge in [-0.2, -0.15) is 0 Å². The molecule has 1 N–H and O–H groups in total. The summed E-state index contributed by atoms with van der Waals surface area (Å²) in [6, 6.07) is 9.20. The van der Waals surface area contributed by atoms with E-state index in [0.29, 0.717) is 16.7 Å². The van der Waals surface area contributed by atoms with Crippen LogP contribution in [0.15, 0.2) is 52.5 Å². The summed E-state index contributed by atoms with van der Waals surface area (Å²) in [5.41, 5.74) is 5.45. The van der Waals surface area contributed by atoms with Crippen LogP contribution in [-0.2, 0) is 0 Å². The number of fused-ring (bicyclic) bond motifs is 1. The highest BCUT2D eigenvalue weighted by Crippen LogP contribution is 2.60. The van der Waals surface area contributed by atoms with Crippen molar-refractivity contribution in [3.8, 4) is 0 Å². The predicted octanol–water partition coefficient (Wildman–Crippen LogP) is 8.93. The van der Waals surface area contributed by atoms with E-state index in [2.05, 4.69) is 75.9 Å². The van der Waals surface area contributed by atoms with E-state index in [0.717, 1.165) is 24.2 Å². The number of thioether (sulfide) groups is 1. The maximum Gasteiger partial charge on any atom is 0.0633 e. The molecule has 0 aliphatic heterocycles. The average molecular weight is 479 g/mol. The molecule has 1 aromatic rings. The number of aliphatic hydroxyl groups excluding tert-OH is 1. The normalized spacial score (nSPS) is 35.8. The Hall–Kier alpha value is -0.990. The van der Waals surface area contributed by atoms with E-state index < -0.39 is 0 Å². The first-order valence-electron chi connectivity index (χ1n) is 14.1. The van der Waals surface area contributed by atoms with Crippen molar-refractivity contribution < 1.29 is 5.11 Å². The third kappa shape index (κ3) is 4.83. The maximum absolute atomic E-state index is 10.6. The Kier molecular flexibility index (Phi) is 7.13. The van der Waals surface area contributed by atoms with E-state index in [1.165, 1.54) is 79.6 Å². The second-order valence-corrected chi connectivity index (χ2v) is 13.9. The quantitative estimate of drug-likeness (QED) is 0.412. The van der Waals surface area contributed by atoms with Gasteiger partial charge >= 0.3 is 0 Å². The average Bonchev–Trinajstić information content (AvgIpc) is 3.52. The van der Waals surface area contributed by atoms with Gasteiger partial charge in [0.05, 0.1) is 6.10 Å². The van der Waals surface area contributed by atoms with Gasteiger partial charge in [-0.3, -0.25) is 0 Å². The van der Waals surface area contributed by atoms with Crippen LogP contribution in [0.3, 0.4) is 0 Å². The fourth-order valence-corrected chi connectivity index (χ4v) is 8.87. The predicted molar refractivity (Wildman–Crippen MR) is 146 cm³/mol. The molecule has 5 unspecified atom stereocenters. The van der Waals surface area contributed by atoms with Crippen molar-refractivity contribution in [2.45, 2.75) is 109 Å². The molecule has 0 radical (unpaired) electrons. The van der Waals surface area contributed by atoms with E-state index in [1.54, 1.807) is 5.57 Å². The minimum absolute atomic E-state index is 0.0852. The standard InChI is InChI=1S/C32H46OS/c1-22(2)26-7-5-9-27(20-26)34-21-23(3)28-12-13-29-25(8-6-15-31(28,29)4)11-10-24-14-16-32(17-18-32)30(33)19-24/h5,7,9-11,20,22-23,28-30,33H,6,8,12-19,21H2,1-4H3/b24-10-,25-11+. The fourth-order valence-electron chi connectivity index (χ4n) is 7.78. The largest absolute Gasteiger partial charge is 0.392 e. The van der Waals surface area contributed by atoms with Crippen LogP contribution < -0.4 is 0 Å². The molecule has 2 heteroatoms. The van der Waals surface area contributed by atoms with Gasteiger partial charge < -0.3 is 5.11 Å². The zero-order valence-corrected chi connectivity index (χ0v) is 22.8. The van der Waals surface area contributed by atoms with E-state index >= 15 is 0 Å². The molecule has 5 rings (SSSR count). The molecule has 4 fully saturated rings. The van der Waals surface area contributed by atoms with Crippen molar-refractivity contribution in [3.63, 3.8) is 0 Å². The van der Waals surface area contributed by atoms with Crippen LogP contribution in [0, 0.1) is 28.6 Å². The lowest BCUT2D eigenvalue weighted by atomic mass is 9.61. The van der Waals surface area contributed by atoms with E-state index in [4.69, 9.17) is 0 Å². The van der Waals surface area contributed by atoms with Crippen LogP contribution in [0.25, 0.3) is 0 Å². The summed E-state index contributed by atoms with van der Waals surface area (Å²) >= 11 is 2.07. The van der Waals surface area contributed by atoms with E-state index in [1.807, 2.05) is 0 Å². The number of hydrogen-bond acceptors (Lipinski definition) is 2. The van der Waals surface area contributed by atoms with Crippen molar-refractivity contribution in [1.29, 1.82) is 0 Å². The summed E-state index contributed by atoms with van der Waals surface area (Å²) < 4.78 is 0. The Morgan fingerprint density at radius 1 is 1.06 bits per heavy atom. The molecule has 0 amide bonds. The lowest BCUT2D eigenvalue weighted by Crippen LogP contribution is -2.36. The molecule has 0 saturated heterocycles. The highest BCUT2D eigenvalue weighted by molar-refractivity contribution is 7.99. The van der Waals surface area contributed by atoms with Gasteiger partial charge in [-0.1, -0.05) is 63.1 Å². The molecule has 4 aliphatic carbocycles. The van der Waals surface area contributed by atoms with Crippen LogP contribution in [0.1, 0.15) is 103 Å². The minimum atomic E-state index is -0.0852. The van der Waals surface area contributed by atoms with E-state index in [9.17, 15) is 5.11 Å².